The fourth-order valence-electron chi connectivity index (χ4n) is 1.76. The number of amides is 1. The van der Waals surface area contributed by atoms with E-state index in [1.807, 2.05) is 19.1 Å². The molecular weight excluding hydrogens is 286 g/mol. The molecule has 0 unspecified atom stereocenters. The summed E-state index contributed by atoms with van der Waals surface area (Å²) < 4.78 is 5.31. The lowest BCUT2D eigenvalue weighted by atomic mass is 10.2. The van der Waals surface area contributed by atoms with E-state index in [2.05, 4.69) is 5.32 Å². The van der Waals surface area contributed by atoms with Gasteiger partial charge in [-0.3, -0.25) is 4.79 Å². The number of anilines is 1. The molecule has 2 N–H and O–H groups in total. The van der Waals surface area contributed by atoms with Gasteiger partial charge in [0.05, 0.1) is 5.56 Å². The lowest BCUT2D eigenvalue weighted by Gasteiger charge is -2.12. The summed E-state index contributed by atoms with van der Waals surface area (Å²) in [5, 5.41) is 22.7. The van der Waals surface area contributed by atoms with Crippen molar-refractivity contribution < 1.29 is 24.5 Å². The number of carbonyl (C=O) groups excluding carboxylic acids is 1. The van der Waals surface area contributed by atoms with Gasteiger partial charge in [0, 0.05) is 5.69 Å². The fraction of sp³-hybridized carbons (Fsp3) is 0.125. The molecular formula is C16H14NO5-. The van der Waals surface area contributed by atoms with Gasteiger partial charge in [0.25, 0.3) is 5.91 Å². The van der Waals surface area contributed by atoms with Crippen LogP contribution in [0.3, 0.4) is 0 Å². The minimum atomic E-state index is -1.34. The molecule has 0 fully saturated rings. The minimum Gasteiger partial charge on any atom is -0.872 e. The van der Waals surface area contributed by atoms with E-state index >= 15 is 0 Å². The summed E-state index contributed by atoms with van der Waals surface area (Å²) in [5.74, 6) is -1.84. The van der Waals surface area contributed by atoms with Crippen LogP contribution in [0.15, 0.2) is 42.5 Å². The number of carboxylic acids is 1. The maximum Gasteiger partial charge on any atom is 0.335 e. The number of hydrogen-bond donors (Lipinski definition) is 2. The Bertz CT molecular complexity index is 694. The van der Waals surface area contributed by atoms with Crippen molar-refractivity contribution in [3.8, 4) is 11.5 Å². The molecule has 0 bridgehead atoms. The van der Waals surface area contributed by atoms with Crippen molar-refractivity contribution in [2.24, 2.45) is 0 Å². The van der Waals surface area contributed by atoms with Crippen LogP contribution in [0.1, 0.15) is 15.9 Å². The Balaban J connectivity index is 1.96. The van der Waals surface area contributed by atoms with Crippen LogP contribution in [-0.2, 0) is 4.79 Å². The fourth-order valence-corrected chi connectivity index (χ4v) is 1.76. The Morgan fingerprint density at radius 1 is 1.18 bits per heavy atom. The number of nitrogens with one attached hydrogen (secondary N) is 1. The monoisotopic (exact) mass is 300 g/mol. The van der Waals surface area contributed by atoms with Crippen molar-refractivity contribution in [3.63, 3.8) is 0 Å². The van der Waals surface area contributed by atoms with Gasteiger partial charge in [-0.25, -0.2) is 4.79 Å². The zero-order valence-electron chi connectivity index (χ0n) is 11.8. The van der Waals surface area contributed by atoms with E-state index in [-0.39, 0.29) is 12.3 Å². The summed E-state index contributed by atoms with van der Waals surface area (Å²) >= 11 is 0. The molecule has 0 saturated heterocycles. The first-order chi connectivity index (χ1) is 10.5. The van der Waals surface area contributed by atoms with Gasteiger partial charge in [-0.2, -0.15) is 0 Å². The van der Waals surface area contributed by atoms with Crippen LogP contribution in [0.4, 0.5) is 5.69 Å². The maximum absolute atomic E-state index is 11.8. The van der Waals surface area contributed by atoms with Gasteiger partial charge >= 0.3 is 5.97 Å². The van der Waals surface area contributed by atoms with Gasteiger partial charge in [0.2, 0.25) is 0 Å². The summed E-state index contributed by atoms with van der Waals surface area (Å²) in [4.78, 5) is 22.6. The molecule has 0 spiro atoms. The third-order valence-electron chi connectivity index (χ3n) is 2.88. The van der Waals surface area contributed by atoms with Crippen molar-refractivity contribution in [3.05, 3.63) is 53.6 Å². The van der Waals surface area contributed by atoms with E-state index in [0.29, 0.717) is 5.75 Å². The van der Waals surface area contributed by atoms with Gasteiger partial charge < -0.3 is 20.3 Å². The van der Waals surface area contributed by atoms with E-state index < -0.39 is 23.2 Å². The number of carbonyl (C=O) groups is 2. The number of rotatable bonds is 5. The third kappa shape index (κ3) is 3.99. The van der Waals surface area contributed by atoms with Crippen LogP contribution < -0.4 is 15.2 Å². The van der Waals surface area contributed by atoms with E-state index in [1.165, 1.54) is 6.07 Å². The van der Waals surface area contributed by atoms with Crippen LogP contribution in [0.2, 0.25) is 0 Å². The molecule has 0 aromatic heterocycles. The first-order valence-corrected chi connectivity index (χ1v) is 6.49. The normalized spacial score (nSPS) is 10.0. The molecule has 2 rings (SSSR count). The molecule has 0 radical (unpaired) electrons. The molecule has 0 aliphatic heterocycles. The second kappa shape index (κ2) is 6.62. The van der Waals surface area contributed by atoms with Crippen molar-refractivity contribution in [1.29, 1.82) is 0 Å². The van der Waals surface area contributed by atoms with Crippen molar-refractivity contribution in [2.45, 2.75) is 6.92 Å². The van der Waals surface area contributed by atoms with Crippen LogP contribution in [0.25, 0.3) is 0 Å². The molecule has 1 amide bonds. The minimum absolute atomic E-state index is 0.218. The van der Waals surface area contributed by atoms with Crippen LogP contribution in [-0.4, -0.2) is 23.6 Å². The second-order valence-corrected chi connectivity index (χ2v) is 4.67. The first kappa shape index (κ1) is 15.4. The molecule has 0 aliphatic rings. The summed E-state index contributed by atoms with van der Waals surface area (Å²) in [6.45, 7) is 1.72. The molecule has 0 atom stereocenters. The van der Waals surface area contributed by atoms with E-state index in [0.717, 1.165) is 17.7 Å². The highest BCUT2D eigenvalue weighted by Gasteiger charge is 2.08. The molecule has 6 heteroatoms. The zero-order chi connectivity index (χ0) is 16.1. The van der Waals surface area contributed by atoms with Crippen molar-refractivity contribution in [2.75, 3.05) is 11.9 Å². The van der Waals surface area contributed by atoms with E-state index in [9.17, 15) is 14.7 Å². The molecule has 114 valence electrons. The molecule has 2 aromatic rings. The zero-order valence-corrected chi connectivity index (χ0v) is 11.8. The molecule has 0 saturated carbocycles. The van der Waals surface area contributed by atoms with Crippen molar-refractivity contribution >= 4 is 17.6 Å². The van der Waals surface area contributed by atoms with Gasteiger partial charge in [-0.15, -0.1) is 0 Å². The van der Waals surface area contributed by atoms with E-state index in [1.54, 1.807) is 12.1 Å². The van der Waals surface area contributed by atoms with Crippen LogP contribution >= 0.6 is 0 Å². The lowest BCUT2D eigenvalue weighted by Crippen LogP contribution is -2.20. The predicted octanol–water partition coefficient (Wildman–Crippen LogP) is 1.78. The standard InChI is InChI=1S/C16H15NO5/c1-10-2-5-12(6-3-10)22-9-15(19)17-11-4-7-14(18)13(8-11)16(20)21/h2-8,18H,9H2,1H3,(H,17,19)(H,20,21)/p-1. The molecule has 2 aromatic carbocycles. The third-order valence-corrected chi connectivity index (χ3v) is 2.88. The Hall–Kier alpha value is -3.02. The van der Waals surface area contributed by atoms with Gasteiger partial charge in [0.15, 0.2) is 6.61 Å². The Morgan fingerprint density at radius 3 is 2.50 bits per heavy atom. The average Bonchev–Trinajstić information content (AvgIpc) is 2.48. The highest BCUT2D eigenvalue weighted by molar-refractivity contribution is 5.96. The summed E-state index contributed by atoms with van der Waals surface area (Å²) in [6, 6.07) is 10.8. The average molecular weight is 300 g/mol. The smallest absolute Gasteiger partial charge is 0.335 e. The van der Waals surface area contributed by atoms with Crippen LogP contribution in [0.5, 0.6) is 11.5 Å². The lowest BCUT2D eigenvalue weighted by molar-refractivity contribution is -0.268. The van der Waals surface area contributed by atoms with Crippen molar-refractivity contribution in [1.82, 2.24) is 0 Å². The highest BCUT2D eigenvalue weighted by atomic mass is 16.5. The predicted molar refractivity (Wildman–Crippen MR) is 78.2 cm³/mol. The van der Waals surface area contributed by atoms with Gasteiger partial charge in [-0.1, -0.05) is 29.5 Å². The number of benzene rings is 2. The Kier molecular flexibility index (Phi) is 4.63. The molecule has 22 heavy (non-hydrogen) atoms. The molecule has 0 heterocycles. The second-order valence-electron chi connectivity index (χ2n) is 4.67. The Labute approximate surface area is 127 Å². The highest BCUT2D eigenvalue weighted by Crippen LogP contribution is 2.19. The number of aromatic carboxylic acids is 1. The topological polar surface area (TPSA) is 98.7 Å². The van der Waals surface area contributed by atoms with Gasteiger partial charge in [0.1, 0.15) is 5.75 Å². The van der Waals surface area contributed by atoms with Gasteiger partial charge in [-0.05, 0) is 31.2 Å². The number of hydrogen-bond acceptors (Lipinski definition) is 4. The van der Waals surface area contributed by atoms with Crippen LogP contribution in [0, 0.1) is 6.92 Å². The maximum atomic E-state index is 11.8. The summed E-state index contributed by atoms with van der Waals surface area (Å²) in [7, 11) is 0. The molecule has 6 nitrogen and oxygen atoms in total. The number of aryl methyl sites for hydroxylation is 1. The largest absolute Gasteiger partial charge is 0.872 e. The summed E-state index contributed by atoms with van der Waals surface area (Å²) in [5.41, 5.74) is 0.919. The number of ether oxygens (including phenoxy) is 1. The quantitative estimate of drug-likeness (QED) is 0.877. The van der Waals surface area contributed by atoms with E-state index in [4.69, 9.17) is 9.84 Å². The summed E-state index contributed by atoms with van der Waals surface area (Å²) in [6.07, 6.45) is 0. The Morgan fingerprint density at radius 2 is 1.86 bits per heavy atom. The SMILES string of the molecule is Cc1ccc(OCC(=O)Nc2ccc([O-])c(C(=O)O)c2)cc1. The first-order valence-electron chi connectivity index (χ1n) is 6.49. The number of carboxylic acid groups (broad SMARTS) is 1. The molecule has 0 aliphatic carbocycles.